The third kappa shape index (κ3) is 3.02. The third-order valence-electron chi connectivity index (χ3n) is 5.58. The zero-order valence-electron chi connectivity index (χ0n) is 14.9. The number of hydrogen-bond acceptors (Lipinski definition) is 6. The highest BCUT2D eigenvalue weighted by atomic mass is 16.1. The highest BCUT2D eigenvalue weighted by Gasteiger charge is 2.35. The van der Waals surface area contributed by atoms with Crippen molar-refractivity contribution >= 4 is 5.82 Å². The number of rotatable bonds is 3. The largest absolute Gasteiger partial charge is 0.384 e. The number of piperidine rings is 1. The molecule has 0 amide bonds. The molecule has 8 heteroatoms. The molecule has 138 valence electrons. The quantitative estimate of drug-likeness (QED) is 0.725. The van der Waals surface area contributed by atoms with E-state index in [-0.39, 0.29) is 5.56 Å². The molecule has 0 spiro atoms. The number of likely N-dealkylation sites (tertiary alicyclic amines) is 1. The van der Waals surface area contributed by atoms with Gasteiger partial charge in [0.05, 0.1) is 11.9 Å². The predicted octanol–water partition coefficient (Wildman–Crippen LogP) is 1.23. The van der Waals surface area contributed by atoms with Gasteiger partial charge in [-0.05, 0) is 18.4 Å². The van der Waals surface area contributed by atoms with Crippen molar-refractivity contribution in [2.75, 3.05) is 18.8 Å². The molecule has 0 aliphatic carbocycles. The molecule has 0 aromatic carbocycles. The van der Waals surface area contributed by atoms with Crippen molar-refractivity contribution in [2.24, 2.45) is 5.92 Å². The van der Waals surface area contributed by atoms with Crippen LogP contribution in [0, 0.1) is 5.92 Å². The smallest absolute Gasteiger partial charge is 0.251 e. The number of aromatic nitrogens is 5. The van der Waals surface area contributed by atoms with Crippen LogP contribution in [-0.4, -0.2) is 42.7 Å². The number of anilines is 1. The average Bonchev–Trinajstić information content (AvgIpc) is 3.15. The van der Waals surface area contributed by atoms with E-state index in [2.05, 4.69) is 31.1 Å². The minimum absolute atomic E-state index is 0.0395. The van der Waals surface area contributed by atoms with Crippen LogP contribution in [0.3, 0.4) is 0 Å². The number of H-pyrrole nitrogens is 1. The number of nitrogens with two attached hydrogens (primary N) is 1. The van der Waals surface area contributed by atoms with Crippen molar-refractivity contribution < 1.29 is 0 Å². The molecular formula is C19H21N7O. The van der Waals surface area contributed by atoms with E-state index in [0.717, 1.165) is 43.9 Å². The fourth-order valence-electron chi connectivity index (χ4n) is 4.49. The molecular weight excluding hydrogens is 342 g/mol. The van der Waals surface area contributed by atoms with Gasteiger partial charge in [0.25, 0.3) is 5.56 Å². The number of fused-ring (bicyclic) bond motifs is 4. The maximum Gasteiger partial charge on any atom is 0.251 e. The lowest BCUT2D eigenvalue weighted by Crippen LogP contribution is -2.46. The van der Waals surface area contributed by atoms with E-state index in [9.17, 15) is 4.79 Å². The molecule has 0 unspecified atom stereocenters. The van der Waals surface area contributed by atoms with E-state index >= 15 is 0 Å². The Bertz CT molecular complexity index is 1030. The molecule has 0 radical (unpaired) electrons. The molecule has 2 aliphatic rings. The number of nitrogens with one attached hydrogen (secondary N) is 1. The fourth-order valence-corrected chi connectivity index (χ4v) is 4.49. The van der Waals surface area contributed by atoms with E-state index in [0.29, 0.717) is 23.3 Å². The van der Waals surface area contributed by atoms with Crippen molar-refractivity contribution in [1.29, 1.82) is 0 Å². The van der Waals surface area contributed by atoms with Gasteiger partial charge in [-0.2, -0.15) is 5.10 Å². The Morgan fingerprint density at radius 2 is 2.11 bits per heavy atom. The van der Waals surface area contributed by atoms with Crippen LogP contribution in [0.1, 0.15) is 23.6 Å². The summed E-state index contributed by atoms with van der Waals surface area (Å²) in [5.41, 5.74) is 9.62. The van der Waals surface area contributed by atoms with Crippen LogP contribution in [0.2, 0.25) is 0 Å². The summed E-state index contributed by atoms with van der Waals surface area (Å²) in [4.78, 5) is 23.5. The summed E-state index contributed by atoms with van der Waals surface area (Å²) in [6.07, 6.45) is 6.38. The first-order valence-corrected chi connectivity index (χ1v) is 9.18. The molecule has 2 atom stereocenters. The van der Waals surface area contributed by atoms with Gasteiger partial charge in [-0.15, -0.1) is 0 Å². The van der Waals surface area contributed by atoms with Gasteiger partial charge in [0.15, 0.2) is 0 Å². The van der Waals surface area contributed by atoms with Crippen LogP contribution in [0.25, 0.3) is 11.3 Å². The Labute approximate surface area is 156 Å². The van der Waals surface area contributed by atoms with Crippen LogP contribution in [0.5, 0.6) is 0 Å². The first-order valence-electron chi connectivity index (χ1n) is 9.18. The number of hydrogen-bond donors (Lipinski definition) is 2. The Morgan fingerprint density at radius 3 is 2.93 bits per heavy atom. The Balaban J connectivity index is 1.49. The second-order valence-corrected chi connectivity index (χ2v) is 7.55. The van der Waals surface area contributed by atoms with Gasteiger partial charge in [0.2, 0.25) is 0 Å². The fraction of sp³-hybridized carbons (Fsp3) is 0.368. The summed E-state index contributed by atoms with van der Waals surface area (Å²) in [5.74, 6) is 1.25. The Morgan fingerprint density at radius 1 is 1.19 bits per heavy atom. The standard InChI is InChI=1S/C19H21N7O/c20-18-4-16(21-11-22-18)14-2-17-15-1-12(9-26(17)19(27)3-14)7-25(10-15)8-13-5-23-24-6-13/h2-6,11-12,15H,1,7-10H2,(H,23,24)(H2,20,21,22)/t12-,15+/m0/s1. The molecule has 2 bridgehead atoms. The van der Waals surface area contributed by atoms with E-state index < -0.39 is 0 Å². The molecule has 2 aliphatic heterocycles. The maximum absolute atomic E-state index is 12.8. The predicted molar refractivity (Wildman–Crippen MR) is 101 cm³/mol. The molecule has 5 rings (SSSR count). The summed E-state index contributed by atoms with van der Waals surface area (Å²) in [6, 6.07) is 5.48. The first kappa shape index (κ1) is 16.2. The van der Waals surface area contributed by atoms with Crippen LogP contribution in [0.4, 0.5) is 5.82 Å². The summed E-state index contributed by atoms with van der Waals surface area (Å²) in [6.45, 7) is 3.61. The molecule has 3 aromatic rings. The van der Waals surface area contributed by atoms with Crippen molar-refractivity contribution in [2.45, 2.75) is 25.4 Å². The molecule has 1 fully saturated rings. The van der Waals surface area contributed by atoms with Gasteiger partial charge in [0.1, 0.15) is 12.1 Å². The van der Waals surface area contributed by atoms with Crippen LogP contribution < -0.4 is 11.3 Å². The van der Waals surface area contributed by atoms with E-state index in [4.69, 9.17) is 5.73 Å². The second-order valence-electron chi connectivity index (χ2n) is 7.55. The van der Waals surface area contributed by atoms with E-state index in [1.165, 1.54) is 11.9 Å². The SMILES string of the molecule is Nc1cc(-c2cc3n(c(=O)c2)C[C@H]2C[C@@H]3CN(Cc3cn[nH]c3)C2)ncn1. The van der Waals surface area contributed by atoms with Gasteiger partial charge in [-0.3, -0.25) is 14.8 Å². The van der Waals surface area contributed by atoms with Crippen molar-refractivity contribution in [3.05, 3.63) is 58.5 Å². The van der Waals surface area contributed by atoms with Crippen LogP contribution in [0.15, 0.2) is 41.7 Å². The second kappa shape index (κ2) is 6.31. The Kier molecular flexibility index (Phi) is 3.78. The van der Waals surface area contributed by atoms with Gasteiger partial charge < -0.3 is 10.3 Å². The molecule has 5 heterocycles. The molecule has 3 N–H and O–H groups in total. The highest BCUT2D eigenvalue weighted by Crippen LogP contribution is 2.36. The van der Waals surface area contributed by atoms with Crippen LogP contribution in [-0.2, 0) is 13.1 Å². The van der Waals surface area contributed by atoms with Gasteiger partial charge in [0, 0.05) is 67.2 Å². The molecule has 27 heavy (non-hydrogen) atoms. The average molecular weight is 363 g/mol. The van der Waals surface area contributed by atoms with E-state index in [1.54, 1.807) is 12.1 Å². The number of nitrogen functional groups attached to an aromatic ring is 1. The molecule has 1 saturated heterocycles. The molecule has 0 saturated carbocycles. The third-order valence-corrected chi connectivity index (χ3v) is 5.58. The summed E-state index contributed by atoms with van der Waals surface area (Å²) >= 11 is 0. The zero-order chi connectivity index (χ0) is 18.4. The molecule has 8 nitrogen and oxygen atoms in total. The number of pyridine rings is 1. The topological polar surface area (TPSA) is 106 Å². The summed E-state index contributed by atoms with van der Waals surface area (Å²) in [5, 5.41) is 6.92. The summed E-state index contributed by atoms with van der Waals surface area (Å²) in [7, 11) is 0. The van der Waals surface area contributed by atoms with Gasteiger partial charge in [-0.25, -0.2) is 9.97 Å². The number of nitrogens with zero attached hydrogens (tertiary/aromatic N) is 5. The minimum Gasteiger partial charge on any atom is -0.384 e. The van der Waals surface area contributed by atoms with Gasteiger partial charge in [-0.1, -0.05) is 0 Å². The lowest BCUT2D eigenvalue weighted by atomic mass is 9.82. The summed E-state index contributed by atoms with van der Waals surface area (Å²) < 4.78 is 1.95. The Hall–Kier alpha value is -3.00. The highest BCUT2D eigenvalue weighted by molar-refractivity contribution is 5.61. The zero-order valence-corrected chi connectivity index (χ0v) is 14.9. The van der Waals surface area contributed by atoms with E-state index in [1.807, 2.05) is 17.0 Å². The minimum atomic E-state index is 0.0395. The monoisotopic (exact) mass is 363 g/mol. The molecule has 3 aromatic heterocycles. The number of aromatic amines is 1. The van der Waals surface area contributed by atoms with Crippen molar-refractivity contribution in [3.8, 4) is 11.3 Å². The first-order chi connectivity index (χ1) is 13.2. The maximum atomic E-state index is 12.8. The van der Waals surface area contributed by atoms with Crippen molar-refractivity contribution in [3.63, 3.8) is 0 Å². The normalized spacial score (nSPS) is 21.8. The lowest BCUT2D eigenvalue weighted by molar-refractivity contribution is 0.114. The van der Waals surface area contributed by atoms with Crippen molar-refractivity contribution in [1.82, 2.24) is 29.6 Å². The lowest BCUT2D eigenvalue weighted by Gasteiger charge is -2.42. The van der Waals surface area contributed by atoms with Gasteiger partial charge >= 0.3 is 0 Å². The van der Waals surface area contributed by atoms with Crippen LogP contribution >= 0.6 is 0 Å².